The molecule has 0 bridgehead atoms. The molecule has 0 heterocycles. The van der Waals surface area contributed by atoms with Crippen molar-refractivity contribution in [2.45, 2.75) is 37.7 Å². The summed E-state index contributed by atoms with van der Waals surface area (Å²) in [6.45, 7) is 2.82. The monoisotopic (exact) mass is 306 g/mol. The van der Waals surface area contributed by atoms with Crippen LogP contribution in [-0.2, 0) is 4.74 Å². The molecule has 1 atom stereocenters. The second kappa shape index (κ2) is 6.47. The highest BCUT2D eigenvalue weighted by atomic mass is 35.5. The highest BCUT2D eigenvalue weighted by Gasteiger charge is 2.31. The second-order valence-corrected chi connectivity index (χ2v) is 6.15. The molecule has 0 N–H and O–H groups in total. The van der Waals surface area contributed by atoms with Gasteiger partial charge in [0.2, 0.25) is 0 Å². The molecule has 0 radical (unpaired) electrons. The molecule has 1 unspecified atom stereocenters. The Morgan fingerprint density at radius 3 is 2.72 bits per heavy atom. The molecular weight excluding hydrogens is 291 g/mol. The topological polar surface area (TPSA) is 9.23 Å². The van der Waals surface area contributed by atoms with Crippen LogP contribution in [0.4, 0.5) is 0 Å². The van der Waals surface area contributed by atoms with Gasteiger partial charge in [-0.2, -0.15) is 0 Å². The summed E-state index contributed by atoms with van der Waals surface area (Å²) in [6.07, 6.45) is 3.58. The first-order valence-corrected chi connectivity index (χ1v) is 7.50. The molecule has 0 amide bonds. The van der Waals surface area contributed by atoms with Crippen molar-refractivity contribution < 1.29 is 4.74 Å². The first-order valence-electron chi connectivity index (χ1n) is 6.30. The van der Waals surface area contributed by atoms with E-state index >= 15 is 0 Å². The van der Waals surface area contributed by atoms with E-state index in [2.05, 4.69) is 0 Å². The third kappa shape index (κ3) is 3.54. The van der Waals surface area contributed by atoms with Gasteiger partial charge in [-0.25, -0.2) is 0 Å². The average Bonchev–Trinajstić information content (AvgIpc) is 2.29. The highest BCUT2D eigenvalue weighted by Crippen LogP contribution is 2.41. The predicted molar refractivity (Wildman–Crippen MR) is 77.8 cm³/mol. The number of hydrogen-bond donors (Lipinski definition) is 0. The van der Waals surface area contributed by atoms with E-state index in [0.717, 1.165) is 31.4 Å². The van der Waals surface area contributed by atoms with Crippen LogP contribution in [0, 0.1) is 5.92 Å². The molecule has 1 aromatic carbocycles. The molecule has 18 heavy (non-hydrogen) atoms. The average molecular weight is 308 g/mol. The van der Waals surface area contributed by atoms with Crippen LogP contribution in [0.25, 0.3) is 0 Å². The zero-order valence-electron chi connectivity index (χ0n) is 10.3. The normalized spacial score (nSPS) is 24.7. The van der Waals surface area contributed by atoms with Gasteiger partial charge in [-0.15, -0.1) is 11.6 Å². The Bertz CT molecular complexity index is 402. The standard InChI is InChI=1S/C14H17Cl3O/c1-2-18-11-5-9(6-11)7-14(17)12-8-10(15)3-4-13(12)16/h3-4,8-9,11,14H,2,5-7H2,1H3. The van der Waals surface area contributed by atoms with Gasteiger partial charge in [-0.3, -0.25) is 0 Å². The maximum Gasteiger partial charge on any atom is 0.0603 e. The van der Waals surface area contributed by atoms with Crippen LogP contribution in [0.15, 0.2) is 18.2 Å². The van der Waals surface area contributed by atoms with E-state index in [-0.39, 0.29) is 5.38 Å². The molecule has 1 nitrogen and oxygen atoms in total. The molecule has 1 saturated carbocycles. The van der Waals surface area contributed by atoms with Crippen LogP contribution in [-0.4, -0.2) is 12.7 Å². The molecule has 1 fully saturated rings. The van der Waals surface area contributed by atoms with Gasteiger partial charge in [0.1, 0.15) is 0 Å². The zero-order chi connectivity index (χ0) is 13.1. The number of ether oxygens (including phenoxy) is 1. The Labute approximate surface area is 123 Å². The van der Waals surface area contributed by atoms with Gasteiger partial charge in [-0.1, -0.05) is 23.2 Å². The third-order valence-corrected chi connectivity index (χ3v) is 4.42. The van der Waals surface area contributed by atoms with Crippen molar-refractivity contribution in [3.05, 3.63) is 33.8 Å². The number of halogens is 3. The summed E-state index contributed by atoms with van der Waals surface area (Å²) in [5.41, 5.74) is 0.936. The maximum atomic E-state index is 6.43. The van der Waals surface area contributed by atoms with Crippen LogP contribution in [0.2, 0.25) is 10.0 Å². The lowest BCUT2D eigenvalue weighted by Crippen LogP contribution is -2.31. The van der Waals surface area contributed by atoms with Gasteiger partial charge in [0.05, 0.1) is 11.5 Å². The van der Waals surface area contributed by atoms with Crippen molar-refractivity contribution in [3.8, 4) is 0 Å². The molecule has 0 aromatic heterocycles. The Morgan fingerprint density at radius 1 is 1.33 bits per heavy atom. The van der Waals surface area contributed by atoms with Crippen LogP contribution < -0.4 is 0 Å². The zero-order valence-corrected chi connectivity index (χ0v) is 12.6. The summed E-state index contributed by atoms with van der Waals surface area (Å²) in [4.78, 5) is 0. The fourth-order valence-corrected chi connectivity index (χ4v) is 3.33. The minimum absolute atomic E-state index is 0.0659. The van der Waals surface area contributed by atoms with Crippen LogP contribution in [0.5, 0.6) is 0 Å². The lowest BCUT2D eigenvalue weighted by Gasteiger charge is -2.36. The summed E-state index contributed by atoms with van der Waals surface area (Å²) >= 11 is 18.6. The summed E-state index contributed by atoms with van der Waals surface area (Å²) in [6, 6.07) is 5.45. The summed E-state index contributed by atoms with van der Waals surface area (Å²) in [5, 5.41) is 1.31. The maximum absolute atomic E-state index is 6.43. The molecule has 1 aliphatic rings. The van der Waals surface area contributed by atoms with E-state index in [1.165, 1.54) is 0 Å². The van der Waals surface area contributed by atoms with Gasteiger partial charge < -0.3 is 4.74 Å². The quantitative estimate of drug-likeness (QED) is 0.655. The molecule has 1 aromatic rings. The largest absolute Gasteiger partial charge is 0.378 e. The van der Waals surface area contributed by atoms with Crippen molar-refractivity contribution in [3.63, 3.8) is 0 Å². The van der Waals surface area contributed by atoms with Gasteiger partial charge in [-0.05, 0) is 55.9 Å². The van der Waals surface area contributed by atoms with Crippen molar-refractivity contribution >= 4 is 34.8 Å². The smallest absolute Gasteiger partial charge is 0.0603 e. The Kier molecular flexibility index (Phi) is 5.20. The van der Waals surface area contributed by atoms with E-state index < -0.39 is 0 Å². The lowest BCUT2D eigenvalue weighted by molar-refractivity contribution is -0.0267. The molecule has 1 aliphatic carbocycles. The molecule has 0 spiro atoms. The Hall–Kier alpha value is 0.0500. The minimum atomic E-state index is -0.0659. The molecule has 2 rings (SSSR count). The van der Waals surface area contributed by atoms with Gasteiger partial charge in [0, 0.05) is 16.7 Å². The second-order valence-electron chi connectivity index (χ2n) is 4.78. The highest BCUT2D eigenvalue weighted by molar-refractivity contribution is 6.34. The Balaban J connectivity index is 1.89. The molecule has 0 saturated heterocycles. The van der Waals surface area contributed by atoms with Crippen LogP contribution in [0.3, 0.4) is 0 Å². The number of rotatable bonds is 5. The van der Waals surface area contributed by atoms with Gasteiger partial charge in [0.15, 0.2) is 0 Å². The third-order valence-electron chi connectivity index (χ3n) is 3.43. The van der Waals surface area contributed by atoms with Crippen LogP contribution in [0.1, 0.15) is 37.1 Å². The molecule has 0 aliphatic heterocycles. The van der Waals surface area contributed by atoms with Crippen molar-refractivity contribution in [2.24, 2.45) is 5.92 Å². The van der Waals surface area contributed by atoms with E-state index in [1.54, 1.807) is 12.1 Å². The van der Waals surface area contributed by atoms with Gasteiger partial charge in [0.25, 0.3) is 0 Å². The number of benzene rings is 1. The number of hydrogen-bond acceptors (Lipinski definition) is 1. The van der Waals surface area contributed by atoms with Crippen molar-refractivity contribution in [1.29, 1.82) is 0 Å². The summed E-state index contributed by atoms with van der Waals surface area (Å²) in [5.74, 6) is 0.638. The molecular formula is C14H17Cl3O. The minimum Gasteiger partial charge on any atom is -0.378 e. The van der Waals surface area contributed by atoms with E-state index in [0.29, 0.717) is 22.1 Å². The van der Waals surface area contributed by atoms with E-state index in [9.17, 15) is 0 Å². The van der Waals surface area contributed by atoms with E-state index in [4.69, 9.17) is 39.5 Å². The van der Waals surface area contributed by atoms with Crippen molar-refractivity contribution in [1.82, 2.24) is 0 Å². The summed E-state index contributed by atoms with van der Waals surface area (Å²) in [7, 11) is 0. The van der Waals surface area contributed by atoms with Crippen molar-refractivity contribution in [2.75, 3.05) is 6.61 Å². The molecule has 4 heteroatoms. The molecule has 100 valence electrons. The van der Waals surface area contributed by atoms with Crippen LogP contribution >= 0.6 is 34.8 Å². The SMILES string of the molecule is CCOC1CC(CC(Cl)c2cc(Cl)ccc2Cl)C1. The van der Waals surface area contributed by atoms with Gasteiger partial charge >= 0.3 is 0 Å². The first kappa shape index (κ1) is 14.5. The first-order chi connectivity index (χ1) is 8.60. The fourth-order valence-electron chi connectivity index (χ4n) is 2.41. The number of alkyl halides is 1. The predicted octanol–water partition coefficient (Wildman–Crippen LogP) is 5.48. The summed E-state index contributed by atoms with van der Waals surface area (Å²) < 4.78 is 5.55. The fraction of sp³-hybridized carbons (Fsp3) is 0.571. The van der Waals surface area contributed by atoms with E-state index in [1.807, 2.05) is 13.0 Å². The Morgan fingerprint density at radius 2 is 2.06 bits per heavy atom. The lowest BCUT2D eigenvalue weighted by atomic mass is 9.78.